The van der Waals surface area contributed by atoms with E-state index in [1.807, 2.05) is 0 Å². The second-order valence-corrected chi connectivity index (χ2v) is 7.06. The number of aromatic nitrogens is 4. The largest absolute Gasteiger partial charge is 0.489 e. The number of hydrogen-bond acceptors (Lipinski definition) is 6. The summed E-state index contributed by atoms with van der Waals surface area (Å²) < 4.78 is 26.1. The zero-order valence-electron chi connectivity index (χ0n) is 16.4. The van der Waals surface area contributed by atoms with Gasteiger partial charge in [0, 0.05) is 10.6 Å². The molecule has 4 rings (SSSR count). The lowest BCUT2D eigenvalue weighted by Crippen LogP contribution is -2.16. The van der Waals surface area contributed by atoms with Gasteiger partial charge in [-0.2, -0.15) is 0 Å². The third kappa shape index (κ3) is 4.89. The van der Waals surface area contributed by atoms with Crippen LogP contribution in [0.25, 0.3) is 0 Å². The van der Waals surface area contributed by atoms with Crippen LogP contribution in [-0.2, 0) is 13.2 Å². The summed E-state index contributed by atoms with van der Waals surface area (Å²) in [6, 6.07) is 13.3. The van der Waals surface area contributed by atoms with Crippen molar-refractivity contribution in [2.75, 3.05) is 5.32 Å². The highest BCUT2D eigenvalue weighted by molar-refractivity contribution is 6.30. The van der Waals surface area contributed by atoms with Gasteiger partial charge in [-0.1, -0.05) is 41.0 Å². The van der Waals surface area contributed by atoms with Crippen LogP contribution in [0.4, 0.5) is 10.3 Å². The first-order valence-electron chi connectivity index (χ1n) is 9.27. The lowest BCUT2D eigenvalue weighted by atomic mass is 10.2. The first-order chi connectivity index (χ1) is 15.0. The molecule has 0 spiro atoms. The predicted molar refractivity (Wildman–Crippen MR) is 111 cm³/mol. The van der Waals surface area contributed by atoms with Crippen molar-refractivity contribution < 1.29 is 18.4 Å². The lowest BCUT2D eigenvalue weighted by molar-refractivity contribution is 0.101. The summed E-state index contributed by atoms with van der Waals surface area (Å²) in [4.78, 5) is 16.7. The van der Waals surface area contributed by atoms with Crippen molar-refractivity contribution >= 4 is 23.5 Å². The molecule has 0 unspecified atom stereocenters. The molecule has 2 heterocycles. The van der Waals surface area contributed by atoms with Crippen molar-refractivity contribution in [3.63, 3.8) is 0 Å². The van der Waals surface area contributed by atoms with Gasteiger partial charge in [0.2, 0.25) is 5.95 Å². The van der Waals surface area contributed by atoms with Gasteiger partial charge in [0.25, 0.3) is 5.91 Å². The van der Waals surface area contributed by atoms with Crippen LogP contribution in [0.2, 0.25) is 5.02 Å². The minimum absolute atomic E-state index is 0.0590. The Kier molecular flexibility index (Phi) is 5.94. The van der Waals surface area contributed by atoms with Gasteiger partial charge in [-0.05, 0) is 31.2 Å². The first kappa shape index (κ1) is 20.5. The predicted octanol–water partition coefficient (Wildman–Crippen LogP) is 4.25. The highest BCUT2D eigenvalue weighted by Crippen LogP contribution is 2.21. The van der Waals surface area contributed by atoms with Gasteiger partial charge in [-0.15, -0.1) is 5.10 Å². The molecule has 0 bridgehead atoms. The standard InChI is InChI=1S/C21H17ClFN5O3/c1-13-17(11-30-16-7-4-6-15(22)9-16)19(27-31-13)20(29)25-21-24-12-28(26-21)10-14-5-2-3-8-18(14)23/h2-9,12H,10-11H2,1H3,(H,25,26,29). The van der Waals surface area contributed by atoms with E-state index in [1.165, 1.54) is 17.1 Å². The van der Waals surface area contributed by atoms with Crippen molar-refractivity contribution in [2.45, 2.75) is 20.1 Å². The van der Waals surface area contributed by atoms with E-state index < -0.39 is 5.91 Å². The van der Waals surface area contributed by atoms with Crippen LogP contribution in [0.1, 0.15) is 27.4 Å². The normalized spacial score (nSPS) is 10.8. The minimum Gasteiger partial charge on any atom is -0.489 e. The molecule has 0 saturated heterocycles. The Morgan fingerprint density at radius 3 is 2.90 bits per heavy atom. The number of aryl methyl sites for hydroxylation is 1. The molecule has 8 nitrogen and oxygen atoms in total. The quantitative estimate of drug-likeness (QED) is 0.460. The maximum atomic E-state index is 13.8. The molecule has 1 N–H and O–H groups in total. The topological polar surface area (TPSA) is 95.1 Å². The van der Waals surface area contributed by atoms with E-state index in [0.29, 0.717) is 27.7 Å². The number of carbonyl (C=O) groups excluding carboxylic acids is 1. The van der Waals surface area contributed by atoms with E-state index in [0.717, 1.165) is 0 Å². The molecule has 10 heteroatoms. The first-order valence-corrected chi connectivity index (χ1v) is 9.65. The van der Waals surface area contributed by atoms with E-state index in [1.54, 1.807) is 49.4 Å². The Morgan fingerprint density at radius 1 is 1.26 bits per heavy atom. The third-order valence-corrected chi connectivity index (χ3v) is 4.67. The van der Waals surface area contributed by atoms with E-state index in [9.17, 15) is 9.18 Å². The number of nitrogens with one attached hydrogen (secondary N) is 1. The number of carbonyl (C=O) groups is 1. The number of halogens is 2. The smallest absolute Gasteiger partial charge is 0.280 e. The van der Waals surface area contributed by atoms with E-state index in [-0.39, 0.29) is 30.6 Å². The molecule has 0 aliphatic rings. The van der Waals surface area contributed by atoms with Crippen LogP contribution in [0.15, 0.2) is 59.4 Å². The molecule has 1 amide bonds. The number of hydrogen-bond donors (Lipinski definition) is 1. The Balaban J connectivity index is 1.43. The summed E-state index contributed by atoms with van der Waals surface area (Å²) in [6.45, 7) is 1.92. The zero-order chi connectivity index (χ0) is 21.8. The highest BCUT2D eigenvalue weighted by Gasteiger charge is 2.21. The number of rotatable bonds is 7. The van der Waals surface area contributed by atoms with Gasteiger partial charge in [-0.25, -0.2) is 14.1 Å². The van der Waals surface area contributed by atoms with Crippen molar-refractivity contribution in [1.29, 1.82) is 0 Å². The molecule has 4 aromatic rings. The Bertz CT molecular complexity index is 1220. The molecule has 31 heavy (non-hydrogen) atoms. The Labute approximate surface area is 181 Å². The van der Waals surface area contributed by atoms with Crippen molar-refractivity contribution in [1.82, 2.24) is 19.9 Å². The summed E-state index contributed by atoms with van der Waals surface area (Å²) in [5.41, 5.74) is 1.01. The maximum Gasteiger partial charge on any atom is 0.280 e. The summed E-state index contributed by atoms with van der Waals surface area (Å²) in [5.74, 6) is 0.165. The van der Waals surface area contributed by atoms with Crippen LogP contribution in [-0.4, -0.2) is 25.8 Å². The molecule has 0 radical (unpaired) electrons. The van der Waals surface area contributed by atoms with E-state index in [2.05, 4.69) is 20.6 Å². The molecule has 0 saturated carbocycles. The molecule has 0 aliphatic carbocycles. The van der Waals surface area contributed by atoms with Crippen LogP contribution in [0.3, 0.4) is 0 Å². The van der Waals surface area contributed by atoms with Gasteiger partial charge < -0.3 is 9.26 Å². The van der Waals surface area contributed by atoms with Crippen LogP contribution >= 0.6 is 11.6 Å². The summed E-state index contributed by atoms with van der Waals surface area (Å²) in [7, 11) is 0. The van der Waals surface area contributed by atoms with Crippen LogP contribution in [0, 0.1) is 12.7 Å². The van der Waals surface area contributed by atoms with Gasteiger partial charge in [-0.3, -0.25) is 10.1 Å². The fraction of sp³-hybridized carbons (Fsp3) is 0.143. The SMILES string of the molecule is Cc1onc(C(=O)Nc2ncn(Cc3ccccc3F)n2)c1COc1cccc(Cl)c1. The summed E-state index contributed by atoms with van der Waals surface area (Å²) in [5, 5.41) is 11.1. The molecule has 0 fully saturated rings. The molecule has 2 aromatic carbocycles. The number of benzene rings is 2. The van der Waals surface area contributed by atoms with Gasteiger partial charge in [0.15, 0.2) is 5.69 Å². The second kappa shape index (κ2) is 8.97. The second-order valence-electron chi connectivity index (χ2n) is 6.62. The molecule has 0 aliphatic heterocycles. The lowest BCUT2D eigenvalue weighted by Gasteiger charge is -2.07. The monoisotopic (exact) mass is 441 g/mol. The van der Waals surface area contributed by atoms with Gasteiger partial charge in [0.1, 0.15) is 30.3 Å². The fourth-order valence-corrected chi connectivity index (χ4v) is 3.02. The molecule has 158 valence electrons. The maximum absolute atomic E-state index is 13.8. The Hall–Kier alpha value is -3.72. The van der Waals surface area contributed by atoms with E-state index in [4.69, 9.17) is 20.9 Å². The fourth-order valence-electron chi connectivity index (χ4n) is 2.84. The number of nitrogens with zero attached hydrogens (tertiary/aromatic N) is 4. The average Bonchev–Trinajstić information content (AvgIpc) is 3.34. The summed E-state index contributed by atoms with van der Waals surface area (Å²) >= 11 is 5.96. The number of ether oxygens (including phenoxy) is 1. The van der Waals surface area contributed by atoms with Gasteiger partial charge >= 0.3 is 0 Å². The van der Waals surface area contributed by atoms with Crippen molar-refractivity contribution in [2.24, 2.45) is 0 Å². The molecular formula is C21H17ClFN5O3. The average molecular weight is 442 g/mol. The molecule has 2 aromatic heterocycles. The van der Waals surface area contributed by atoms with Crippen LogP contribution in [0.5, 0.6) is 5.75 Å². The zero-order valence-corrected chi connectivity index (χ0v) is 17.1. The minimum atomic E-state index is -0.551. The highest BCUT2D eigenvalue weighted by atomic mass is 35.5. The van der Waals surface area contributed by atoms with Crippen molar-refractivity contribution in [3.8, 4) is 5.75 Å². The number of amides is 1. The summed E-state index contributed by atoms with van der Waals surface area (Å²) in [6.07, 6.45) is 1.40. The van der Waals surface area contributed by atoms with E-state index >= 15 is 0 Å². The van der Waals surface area contributed by atoms with Crippen LogP contribution < -0.4 is 10.1 Å². The van der Waals surface area contributed by atoms with Gasteiger partial charge in [0.05, 0.1) is 12.1 Å². The molecule has 0 atom stereocenters. The third-order valence-electron chi connectivity index (χ3n) is 4.43. The number of anilines is 1. The molecular weight excluding hydrogens is 425 g/mol. The Morgan fingerprint density at radius 2 is 2.10 bits per heavy atom. The van der Waals surface area contributed by atoms with Crippen molar-refractivity contribution in [3.05, 3.63) is 88.3 Å².